The standard InChI is InChI=1S/C39H22N4OS/c44-38-30-22-40-39(41-35(30)28-15-6-8-16-31(28)42(38)24-11-2-1-3-12-24)43-32-21-18-23-10-4-5-13-25(23)34(32)29-20-19-27-26-14-7-9-17-33(26)45-37(27)36(29)43/h1-22H. The van der Waals surface area contributed by atoms with E-state index in [4.69, 9.17) is 9.97 Å². The first-order chi connectivity index (χ1) is 22.3. The smallest absolute Gasteiger partial charge is 0.266 e. The van der Waals surface area contributed by atoms with E-state index >= 15 is 0 Å². The topological polar surface area (TPSA) is 52.7 Å². The maximum atomic E-state index is 14.1. The van der Waals surface area contributed by atoms with Crippen LogP contribution >= 0.6 is 11.3 Å². The van der Waals surface area contributed by atoms with Crippen LogP contribution in [0.15, 0.2) is 138 Å². The zero-order valence-electron chi connectivity index (χ0n) is 23.8. The molecule has 0 saturated carbocycles. The maximum absolute atomic E-state index is 14.1. The van der Waals surface area contributed by atoms with Crippen LogP contribution in [0.3, 0.4) is 0 Å². The number of nitrogens with zero attached hydrogens (tertiary/aromatic N) is 4. The molecule has 4 heterocycles. The number of para-hydroxylation sites is 2. The van der Waals surface area contributed by atoms with Gasteiger partial charge in [-0.1, -0.05) is 97.1 Å². The Balaban J connectivity index is 1.38. The molecule has 0 spiro atoms. The number of fused-ring (bicyclic) bond motifs is 12. The lowest BCUT2D eigenvalue weighted by Crippen LogP contribution is -2.20. The van der Waals surface area contributed by atoms with E-state index in [1.807, 2.05) is 54.6 Å². The van der Waals surface area contributed by atoms with Crippen LogP contribution < -0.4 is 5.56 Å². The number of hydrogen-bond donors (Lipinski definition) is 0. The molecule has 6 heteroatoms. The van der Waals surface area contributed by atoms with Crippen molar-refractivity contribution in [3.63, 3.8) is 0 Å². The predicted octanol–water partition coefficient (Wildman–Crippen LogP) is 9.55. The quantitative estimate of drug-likeness (QED) is 0.187. The molecule has 210 valence electrons. The summed E-state index contributed by atoms with van der Waals surface area (Å²) in [4.78, 5) is 24.2. The number of aromatic nitrogens is 4. The molecule has 0 saturated heterocycles. The zero-order valence-corrected chi connectivity index (χ0v) is 24.6. The fourth-order valence-electron chi connectivity index (χ4n) is 7.03. The van der Waals surface area contributed by atoms with E-state index in [0.717, 1.165) is 33.0 Å². The monoisotopic (exact) mass is 594 g/mol. The van der Waals surface area contributed by atoms with Crippen molar-refractivity contribution in [1.82, 2.24) is 19.1 Å². The summed E-state index contributed by atoms with van der Waals surface area (Å²) in [6.07, 6.45) is 1.70. The summed E-state index contributed by atoms with van der Waals surface area (Å²) in [7, 11) is 0. The Morgan fingerprint density at radius 2 is 1.29 bits per heavy atom. The molecule has 0 aliphatic carbocycles. The second-order valence-electron chi connectivity index (χ2n) is 11.4. The molecular formula is C39H22N4OS. The third kappa shape index (κ3) is 3.34. The van der Waals surface area contributed by atoms with Crippen LogP contribution in [0.25, 0.3) is 86.2 Å². The Hall–Kier alpha value is -5.85. The van der Waals surface area contributed by atoms with Gasteiger partial charge in [-0.25, -0.2) is 9.97 Å². The van der Waals surface area contributed by atoms with Crippen LogP contribution in [0.5, 0.6) is 0 Å². The van der Waals surface area contributed by atoms with Crippen molar-refractivity contribution in [1.29, 1.82) is 0 Å². The fraction of sp³-hybridized carbons (Fsp3) is 0. The normalized spacial score (nSPS) is 12.1. The zero-order chi connectivity index (χ0) is 29.6. The molecule has 4 aromatic heterocycles. The summed E-state index contributed by atoms with van der Waals surface area (Å²) >= 11 is 1.80. The van der Waals surface area contributed by atoms with Crippen LogP contribution in [0.2, 0.25) is 0 Å². The largest absolute Gasteiger partial charge is 0.276 e. The van der Waals surface area contributed by atoms with E-state index < -0.39 is 0 Å². The first-order valence-electron chi connectivity index (χ1n) is 14.9. The number of hydrogen-bond acceptors (Lipinski definition) is 4. The molecule has 0 N–H and O–H groups in total. The molecule has 10 rings (SSSR count). The van der Waals surface area contributed by atoms with Gasteiger partial charge in [-0.3, -0.25) is 13.9 Å². The van der Waals surface area contributed by atoms with Gasteiger partial charge < -0.3 is 0 Å². The van der Waals surface area contributed by atoms with E-state index in [-0.39, 0.29) is 5.56 Å². The number of benzene rings is 6. The van der Waals surface area contributed by atoms with Crippen molar-refractivity contribution in [3.05, 3.63) is 144 Å². The highest BCUT2D eigenvalue weighted by atomic mass is 32.1. The van der Waals surface area contributed by atoms with Gasteiger partial charge in [-0.15, -0.1) is 11.3 Å². The molecule has 0 atom stereocenters. The minimum absolute atomic E-state index is 0.137. The van der Waals surface area contributed by atoms with Gasteiger partial charge in [0, 0.05) is 43.5 Å². The van der Waals surface area contributed by atoms with Crippen molar-refractivity contribution in [2.45, 2.75) is 0 Å². The van der Waals surface area contributed by atoms with E-state index in [1.54, 1.807) is 22.1 Å². The number of thiophene rings is 1. The van der Waals surface area contributed by atoms with Crippen LogP contribution in [0.4, 0.5) is 0 Å². The average Bonchev–Trinajstić information content (AvgIpc) is 3.65. The van der Waals surface area contributed by atoms with Crippen molar-refractivity contribution < 1.29 is 0 Å². The summed E-state index contributed by atoms with van der Waals surface area (Å²) in [5, 5.41) is 8.56. The van der Waals surface area contributed by atoms with Gasteiger partial charge in [-0.05, 0) is 41.1 Å². The minimum atomic E-state index is -0.137. The highest BCUT2D eigenvalue weighted by molar-refractivity contribution is 7.26. The second-order valence-corrected chi connectivity index (χ2v) is 12.4. The molecule has 0 aliphatic heterocycles. The molecule has 0 unspecified atom stereocenters. The van der Waals surface area contributed by atoms with E-state index in [0.29, 0.717) is 16.9 Å². The van der Waals surface area contributed by atoms with Crippen LogP contribution in [-0.4, -0.2) is 19.1 Å². The van der Waals surface area contributed by atoms with Crippen molar-refractivity contribution >= 4 is 85.9 Å². The van der Waals surface area contributed by atoms with Crippen molar-refractivity contribution in [2.24, 2.45) is 0 Å². The van der Waals surface area contributed by atoms with Gasteiger partial charge in [0.2, 0.25) is 5.95 Å². The van der Waals surface area contributed by atoms with Crippen LogP contribution in [0.1, 0.15) is 0 Å². The third-order valence-electron chi connectivity index (χ3n) is 8.99. The van der Waals surface area contributed by atoms with Gasteiger partial charge in [0.05, 0.1) is 32.2 Å². The molecule has 5 nitrogen and oxygen atoms in total. The van der Waals surface area contributed by atoms with Crippen LogP contribution in [0, 0.1) is 0 Å². The summed E-state index contributed by atoms with van der Waals surface area (Å²) < 4.78 is 6.40. The number of pyridine rings is 1. The Labute approximate surface area is 259 Å². The Kier molecular flexibility index (Phi) is 4.96. The van der Waals surface area contributed by atoms with Gasteiger partial charge in [-0.2, -0.15) is 0 Å². The van der Waals surface area contributed by atoms with Gasteiger partial charge in [0.15, 0.2) is 0 Å². The molecule has 10 aromatic rings. The van der Waals surface area contributed by atoms with Gasteiger partial charge in [0.1, 0.15) is 0 Å². The number of rotatable bonds is 2. The highest BCUT2D eigenvalue weighted by Gasteiger charge is 2.22. The summed E-state index contributed by atoms with van der Waals surface area (Å²) in [6, 6.07) is 43.7. The molecule has 0 aliphatic rings. The second kappa shape index (κ2) is 9.08. The summed E-state index contributed by atoms with van der Waals surface area (Å²) in [5.74, 6) is 0.546. The van der Waals surface area contributed by atoms with E-state index in [9.17, 15) is 4.79 Å². The van der Waals surface area contributed by atoms with Crippen molar-refractivity contribution in [2.75, 3.05) is 0 Å². The molecule has 0 bridgehead atoms. The van der Waals surface area contributed by atoms with Crippen molar-refractivity contribution in [3.8, 4) is 11.6 Å². The van der Waals surface area contributed by atoms with E-state index in [2.05, 4.69) is 77.4 Å². The minimum Gasteiger partial charge on any atom is -0.276 e. The first-order valence-corrected chi connectivity index (χ1v) is 15.7. The van der Waals surface area contributed by atoms with E-state index in [1.165, 1.54) is 36.3 Å². The SMILES string of the molecule is O=c1c2cnc(-n3c4ccc5ccccc5c4c4ccc5c6ccccc6sc5c43)nc2c2ccccc2n1-c1ccccc1. The lowest BCUT2D eigenvalue weighted by Gasteiger charge is -2.14. The molecule has 0 amide bonds. The first kappa shape index (κ1) is 24.6. The maximum Gasteiger partial charge on any atom is 0.266 e. The Morgan fingerprint density at radius 3 is 2.18 bits per heavy atom. The lowest BCUT2D eigenvalue weighted by atomic mass is 10.0. The van der Waals surface area contributed by atoms with Crippen LogP contribution in [-0.2, 0) is 0 Å². The fourth-order valence-corrected chi connectivity index (χ4v) is 8.27. The molecule has 45 heavy (non-hydrogen) atoms. The molecule has 0 radical (unpaired) electrons. The average molecular weight is 595 g/mol. The van der Waals surface area contributed by atoms with Gasteiger partial charge >= 0.3 is 0 Å². The molecule has 0 fully saturated rings. The summed E-state index contributed by atoms with van der Waals surface area (Å²) in [5.41, 5.74) is 4.25. The lowest BCUT2D eigenvalue weighted by molar-refractivity contribution is 1.00. The molecule has 6 aromatic carbocycles. The highest BCUT2D eigenvalue weighted by Crippen LogP contribution is 2.44. The third-order valence-corrected chi connectivity index (χ3v) is 10.2. The Bertz CT molecular complexity index is 2900. The predicted molar refractivity (Wildman–Crippen MR) is 187 cm³/mol. The molecular weight excluding hydrogens is 573 g/mol. The summed E-state index contributed by atoms with van der Waals surface area (Å²) in [6.45, 7) is 0. The van der Waals surface area contributed by atoms with Gasteiger partial charge in [0.25, 0.3) is 5.56 Å². The Morgan fingerprint density at radius 1 is 0.556 bits per heavy atom.